The van der Waals surface area contributed by atoms with Gasteiger partial charge >= 0.3 is 11.9 Å². The molecule has 6 heteroatoms. The number of benzene rings is 4. The van der Waals surface area contributed by atoms with Crippen LogP contribution in [0, 0.1) is 0 Å². The Bertz CT molecular complexity index is 1260. The Hall–Kier alpha value is -4.71. The van der Waals surface area contributed by atoms with Gasteiger partial charge < -0.3 is 14.8 Å². The van der Waals surface area contributed by atoms with E-state index in [4.69, 9.17) is 9.47 Å². The molecule has 0 atom stereocenters. The molecule has 6 nitrogen and oxygen atoms in total. The van der Waals surface area contributed by atoms with Gasteiger partial charge in [-0.2, -0.15) is 0 Å². The van der Waals surface area contributed by atoms with Crippen molar-refractivity contribution in [1.29, 1.82) is 0 Å². The molecule has 1 amide bonds. The minimum atomic E-state index is -0.610. The average molecular weight is 494 g/mol. The molecule has 0 fully saturated rings. The second-order valence-electron chi connectivity index (χ2n) is 8.46. The number of amides is 1. The quantitative estimate of drug-likeness (QED) is 0.275. The molecule has 4 aromatic carbocycles. The van der Waals surface area contributed by atoms with Crippen LogP contribution < -0.4 is 5.32 Å². The highest BCUT2D eigenvalue weighted by Gasteiger charge is 2.17. The highest BCUT2D eigenvalue weighted by Crippen LogP contribution is 2.19. The molecule has 0 bridgehead atoms. The Balaban J connectivity index is 1.48. The van der Waals surface area contributed by atoms with Crippen LogP contribution in [0.15, 0.2) is 109 Å². The minimum absolute atomic E-state index is 0.0844. The van der Waals surface area contributed by atoms with E-state index in [1.807, 2.05) is 91.0 Å². The second-order valence-corrected chi connectivity index (χ2v) is 8.46. The average Bonchev–Trinajstić information content (AvgIpc) is 2.95. The van der Waals surface area contributed by atoms with Crippen molar-refractivity contribution in [3.8, 4) is 0 Å². The van der Waals surface area contributed by atoms with E-state index < -0.39 is 11.9 Å². The molecule has 0 radical (unpaired) electrons. The summed E-state index contributed by atoms with van der Waals surface area (Å²) in [7, 11) is 0. The first kappa shape index (κ1) is 25.4. The lowest BCUT2D eigenvalue weighted by atomic mass is 10.1. The van der Waals surface area contributed by atoms with Crippen molar-refractivity contribution in [3.05, 3.63) is 137 Å². The summed E-state index contributed by atoms with van der Waals surface area (Å²) in [5, 5.41) is 2.80. The van der Waals surface area contributed by atoms with E-state index in [-0.39, 0.29) is 36.7 Å². The molecule has 0 aliphatic rings. The van der Waals surface area contributed by atoms with Gasteiger partial charge in [0.1, 0.15) is 13.2 Å². The van der Waals surface area contributed by atoms with Gasteiger partial charge in [-0.05, 0) is 41.3 Å². The summed E-state index contributed by atoms with van der Waals surface area (Å²) in [6.07, 6.45) is 0.817. The minimum Gasteiger partial charge on any atom is -0.457 e. The van der Waals surface area contributed by atoms with Gasteiger partial charge in [0.25, 0.3) is 0 Å². The number of nitrogens with one attached hydrogen (secondary N) is 1. The molecule has 0 saturated heterocycles. The largest absolute Gasteiger partial charge is 0.457 e. The van der Waals surface area contributed by atoms with Gasteiger partial charge in [-0.25, -0.2) is 9.59 Å². The van der Waals surface area contributed by atoms with E-state index in [1.54, 1.807) is 0 Å². The van der Waals surface area contributed by atoms with E-state index in [2.05, 4.69) is 5.32 Å². The molecule has 0 spiro atoms. The summed E-state index contributed by atoms with van der Waals surface area (Å²) in [4.78, 5) is 38.3. The Morgan fingerprint density at radius 3 is 1.46 bits per heavy atom. The third kappa shape index (κ3) is 7.90. The van der Waals surface area contributed by atoms with Crippen LogP contribution in [0.3, 0.4) is 0 Å². The molecule has 0 aliphatic heterocycles. The van der Waals surface area contributed by atoms with Crippen molar-refractivity contribution in [2.24, 2.45) is 0 Å². The third-order valence-electron chi connectivity index (χ3n) is 5.60. The zero-order chi connectivity index (χ0) is 25.9. The fourth-order valence-electron chi connectivity index (χ4n) is 3.67. The number of rotatable bonds is 10. The number of carbonyl (C=O) groups excluding carboxylic acids is 3. The van der Waals surface area contributed by atoms with Gasteiger partial charge in [-0.1, -0.05) is 91.0 Å². The lowest BCUT2D eigenvalue weighted by Gasteiger charge is -2.12. The molecular formula is C31H27NO5. The van der Waals surface area contributed by atoms with Crippen LogP contribution in [-0.2, 0) is 33.9 Å². The van der Waals surface area contributed by atoms with Crippen LogP contribution in [0.2, 0.25) is 0 Å². The molecule has 4 rings (SSSR count). The highest BCUT2D eigenvalue weighted by atomic mass is 16.5. The SMILES string of the molecule is O=C(CCc1ccccc1)Nc1cc(C(=O)OCc2ccccc2)cc(C(=O)OCc2ccccc2)c1. The van der Waals surface area contributed by atoms with Crippen molar-refractivity contribution in [3.63, 3.8) is 0 Å². The topological polar surface area (TPSA) is 81.7 Å². The fourth-order valence-corrected chi connectivity index (χ4v) is 3.67. The molecular weight excluding hydrogens is 466 g/mol. The number of anilines is 1. The van der Waals surface area contributed by atoms with Gasteiger partial charge in [-0.3, -0.25) is 4.79 Å². The monoisotopic (exact) mass is 493 g/mol. The predicted octanol–water partition coefficient (Wildman–Crippen LogP) is 5.97. The first-order valence-electron chi connectivity index (χ1n) is 12.0. The smallest absolute Gasteiger partial charge is 0.338 e. The Labute approximate surface area is 215 Å². The van der Waals surface area contributed by atoms with Gasteiger partial charge in [0, 0.05) is 12.1 Å². The van der Waals surface area contributed by atoms with E-state index in [1.165, 1.54) is 18.2 Å². The summed E-state index contributed by atoms with van der Waals surface area (Å²) in [6, 6.07) is 32.7. The normalized spacial score (nSPS) is 10.4. The number of hydrogen-bond acceptors (Lipinski definition) is 5. The summed E-state index contributed by atoms with van der Waals surface area (Å²) in [5.41, 5.74) is 3.32. The second kappa shape index (κ2) is 12.8. The molecule has 186 valence electrons. The third-order valence-corrected chi connectivity index (χ3v) is 5.60. The van der Waals surface area contributed by atoms with Crippen LogP contribution in [0.1, 0.15) is 43.8 Å². The Morgan fingerprint density at radius 2 is 1.00 bits per heavy atom. The van der Waals surface area contributed by atoms with E-state index >= 15 is 0 Å². The van der Waals surface area contributed by atoms with Crippen molar-refractivity contribution in [1.82, 2.24) is 0 Å². The van der Waals surface area contributed by atoms with Gasteiger partial charge in [0.15, 0.2) is 0 Å². The summed E-state index contributed by atoms with van der Waals surface area (Å²) in [6.45, 7) is 0.169. The van der Waals surface area contributed by atoms with Crippen molar-refractivity contribution >= 4 is 23.5 Å². The molecule has 4 aromatic rings. The number of esters is 2. The highest BCUT2D eigenvalue weighted by molar-refractivity contribution is 5.99. The van der Waals surface area contributed by atoms with E-state index in [0.717, 1.165) is 16.7 Å². The van der Waals surface area contributed by atoms with Gasteiger partial charge in [0.2, 0.25) is 5.91 Å². The van der Waals surface area contributed by atoms with Crippen LogP contribution in [0.4, 0.5) is 5.69 Å². The zero-order valence-corrected chi connectivity index (χ0v) is 20.3. The zero-order valence-electron chi connectivity index (χ0n) is 20.3. The number of aryl methyl sites for hydroxylation is 1. The molecule has 0 aromatic heterocycles. The van der Waals surface area contributed by atoms with Crippen LogP contribution in [-0.4, -0.2) is 17.8 Å². The molecule has 0 saturated carbocycles. The lowest BCUT2D eigenvalue weighted by Crippen LogP contribution is -2.15. The fraction of sp³-hybridized carbons (Fsp3) is 0.129. The molecule has 0 unspecified atom stereocenters. The van der Waals surface area contributed by atoms with Gasteiger partial charge in [0.05, 0.1) is 11.1 Å². The number of hydrogen-bond donors (Lipinski definition) is 1. The van der Waals surface area contributed by atoms with Crippen molar-refractivity contribution < 1.29 is 23.9 Å². The van der Waals surface area contributed by atoms with E-state index in [9.17, 15) is 14.4 Å². The Morgan fingerprint density at radius 1 is 0.568 bits per heavy atom. The number of carbonyl (C=O) groups is 3. The maximum atomic E-state index is 12.8. The maximum Gasteiger partial charge on any atom is 0.338 e. The van der Waals surface area contributed by atoms with E-state index in [0.29, 0.717) is 12.1 Å². The molecule has 0 aliphatic carbocycles. The van der Waals surface area contributed by atoms with Crippen LogP contribution in [0.25, 0.3) is 0 Å². The van der Waals surface area contributed by atoms with Crippen LogP contribution >= 0.6 is 0 Å². The Kier molecular flexibility index (Phi) is 8.81. The standard InChI is InChI=1S/C31H27NO5/c33-29(17-16-23-10-4-1-5-11-23)32-28-19-26(30(34)36-21-24-12-6-2-7-13-24)18-27(20-28)31(35)37-22-25-14-8-3-9-15-25/h1-15,18-20H,16-17,21-22H2,(H,32,33). The van der Waals surface area contributed by atoms with Crippen molar-refractivity contribution in [2.75, 3.05) is 5.32 Å². The molecule has 37 heavy (non-hydrogen) atoms. The van der Waals surface area contributed by atoms with Gasteiger partial charge in [-0.15, -0.1) is 0 Å². The van der Waals surface area contributed by atoms with Crippen molar-refractivity contribution in [2.45, 2.75) is 26.1 Å². The summed E-state index contributed by atoms with van der Waals surface area (Å²) < 4.78 is 10.9. The molecule has 1 N–H and O–H groups in total. The predicted molar refractivity (Wildman–Crippen MR) is 141 cm³/mol. The van der Waals surface area contributed by atoms with Crippen LogP contribution in [0.5, 0.6) is 0 Å². The molecule has 0 heterocycles. The lowest BCUT2D eigenvalue weighted by molar-refractivity contribution is -0.116. The summed E-state index contributed by atoms with van der Waals surface area (Å²) >= 11 is 0. The first-order valence-corrected chi connectivity index (χ1v) is 12.0. The maximum absolute atomic E-state index is 12.8. The first-order chi connectivity index (χ1) is 18.1. The number of ether oxygens (including phenoxy) is 2. The summed E-state index contributed by atoms with van der Waals surface area (Å²) in [5.74, 6) is -1.45.